The van der Waals surface area contributed by atoms with Gasteiger partial charge < -0.3 is 10.4 Å². The number of rotatable bonds is 3. The highest BCUT2D eigenvalue weighted by atomic mass is 16.3. The molecule has 0 heterocycles. The van der Waals surface area contributed by atoms with E-state index in [9.17, 15) is 0 Å². The molecule has 11 heavy (non-hydrogen) atoms. The van der Waals surface area contributed by atoms with Crippen molar-refractivity contribution in [3.8, 4) is 0 Å². The summed E-state index contributed by atoms with van der Waals surface area (Å²) in [6, 6.07) is 8.90. The number of aliphatic hydroxyl groups is 1. The Kier molecular flexibility index (Phi) is 2.93. The molecule has 0 aliphatic rings. The van der Waals surface area contributed by atoms with Gasteiger partial charge in [0, 0.05) is 12.2 Å². The van der Waals surface area contributed by atoms with Crippen LogP contribution in [-0.4, -0.2) is 18.3 Å². The first kappa shape index (κ1) is 8.08. The van der Waals surface area contributed by atoms with E-state index in [2.05, 4.69) is 11.4 Å². The fourth-order valence-corrected chi connectivity index (χ4v) is 0.813. The molecule has 1 rings (SSSR count). The van der Waals surface area contributed by atoms with E-state index in [0.29, 0.717) is 6.54 Å². The Balaban J connectivity index is 2.52. The molecule has 0 saturated carbocycles. The Morgan fingerprint density at radius 1 is 1.55 bits per heavy atom. The second kappa shape index (κ2) is 3.98. The topological polar surface area (TPSA) is 32.3 Å². The van der Waals surface area contributed by atoms with Crippen LogP contribution in [0.1, 0.15) is 5.56 Å². The highest BCUT2D eigenvalue weighted by Gasteiger charge is 1.88. The zero-order valence-electron chi connectivity index (χ0n) is 6.59. The highest BCUT2D eigenvalue weighted by molar-refractivity contribution is 5.43. The smallest absolute Gasteiger partial charge is 0.0604 e. The minimum atomic E-state index is 0.161. The molecule has 0 unspecified atom stereocenters. The predicted molar refractivity (Wildman–Crippen MR) is 45.6 cm³/mol. The molecular formula is C9H12NO. The van der Waals surface area contributed by atoms with Gasteiger partial charge in [0.15, 0.2) is 0 Å². The molecule has 0 atom stereocenters. The summed E-state index contributed by atoms with van der Waals surface area (Å²) < 4.78 is 0. The van der Waals surface area contributed by atoms with Crippen molar-refractivity contribution in [3.63, 3.8) is 0 Å². The van der Waals surface area contributed by atoms with E-state index < -0.39 is 0 Å². The summed E-state index contributed by atoms with van der Waals surface area (Å²) in [4.78, 5) is 0. The van der Waals surface area contributed by atoms with E-state index in [1.165, 1.54) is 0 Å². The normalized spacial score (nSPS) is 9.64. The minimum Gasteiger partial charge on any atom is -0.395 e. The highest BCUT2D eigenvalue weighted by Crippen LogP contribution is 2.06. The maximum atomic E-state index is 8.51. The summed E-state index contributed by atoms with van der Waals surface area (Å²) in [6.07, 6.45) is 0. The maximum Gasteiger partial charge on any atom is 0.0604 e. The van der Waals surface area contributed by atoms with Crippen molar-refractivity contribution >= 4 is 5.69 Å². The zero-order valence-corrected chi connectivity index (χ0v) is 6.59. The van der Waals surface area contributed by atoms with E-state index in [0.717, 1.165) is 11.3 Å². The van der Waals surface area contributed by atoms with E-state index in [-0.39, 0.29) is 6.61 Å². The molecule has 1 radical (unpaired) electrons. The molecule has 2 nitrogen and oxygen atoms in total. The third-order valence-electron chi connectivity index (χ3n) is 1.41. The lowest BCUT2D eigenvalue weighted by molar-refractivity contribution is 0.311. The first-order valence-corrected chi connectivity index (χ1v) is 3.66. The van der Waals surface area contributed by atoms with Crippen LogP contribution in [0.15, 0.2) is 18.2 Å². The van der Waals surface area contributed by atoms with Crippen LogP contribution >= 0.6 is 0 Å². The fourth-order valence-electron chi connectivity index (χ4n) is 0.813. The summed E-state index contributed by atoms with van der Waals surface area (Å²) in [7, 11) is 0. The molecule has 2 heteroatoms. The van der Waals surface area contributed by atoms with Crippen molar-refractivity contribution in [1.82, 2.24) is 0 Å². The van der Waals surface area contributed by atoms with Gasteiger partial charge in [-0.25, -0.2) is 0 Å². The molecule has 0 spiro atoms. The van der Waals surface area contributed by atoms with E-state index in [1.54, 1.807) is 0 Å². The molecule has 0 fully saturated rings. The molecule has 1 aromatic rings. The summed E-state index contributed by atoms with van der Waals surface area (Å²) in [5, 5.41) is 11.5. The van der Waals surface area contributed by atoms with Crippen molar-refractivity contribution in [2.75, 3.05) is 18.5 Å². The van der Waals surface area contributed by atoms with Crippen molar-refractivity contribution in [2.24, 2.45) is 0 Å². The minimum absolute atomic E-state index is 0.161. The molecule has 2 N–H and O–H groups in total. The van der Waals surface area contributed by atoms with Crippen molar-refractivity contribution < 1.29 is 5.11 Å². The Bertz CT molecular complexity index is 205. The molecule has 0 aliphatic carbocycles. The van der Waals surface area contributed by atoms with Crippen molar-refractivity contribution in [3.05, 3.63) is 29.8 Å². The Morgan fingerprint density at radius 3 is 2.91 bits per heavy atom. The Labute approximate surface area is 66.9 Å². The number of benzene rings is 1. The van der Waals surface area contributed by atoms with Gasteiger partial charge in [-0.05, 0) is 30.7 Å². The van der Waals surface area contributed by atoms with Gasteiger partial charge in [0.05, 0.1) is 6.61 Å². The van der Waals surface area contributed by atoms with Crippen LogP contribution in [0.5, 0.6) is 0 Å². The number of hydrogen-bond acceptors (Lipinski definition) is 2. The van der Waals surface area contributed by atoms with Crippen LogP contribution in [0.2, 0.25) is 0 Å². The lowest BCUT2D eigenvalue weighted by atomic mass is 10.2. The summed E-state index contributed by atoms with van der Waals surface area (Å²) in [6.45, 7) is 2.75. The van der Waals surface area contributed by atoms with Gasteiger partial charge in [0.1, 0.15) is 0 Å². The number of aryl methyl sites for hydroxylation is 1. The quantitative estimate of drug-likeness (QED) is 0.678. The van der Waals surface area contributed by atoms with Crippen LogP contribution in [0.3, 0.4) is 0 Å². The monoisotopic (exact) mass is 150 g/mol. The molecule has 0 saturated heterocycles. The third kappa shape index (κ3) is 2.60. The molecule has 0 aliphatic heterocycles. The largest absolute Gasteiger partial charge is 0.395 e. The van der Waals surface area contributed by atoms with Crippen molar-refractivity contribution in [2.45, 2.75) is 6.92 Å². The summed E-state index contributed by atoms with van der Waals surface area (Å²) in [5.74, 6) is 0. The van der Waals surface area contributed by atoms with E-state index in [4.69, 9.17) is 5.11 Å². The van der Waals surface area contributed by atoms with Crippen LogP contribution in [0.25, 0.3) is 0 Å². The SMILES string of the molecule is Cc1[c]cc(NCCO)cc1. The van der Waals surface area contributed by atoms with Gasteiger partial charge in [-0.1, -0.05) is 6.07 Å². The zero-order chi connectivity index (χ0) is 8.10. The van der Waals surface area contributed by atoms with Crippen molar-refractivity contribution in [1.29, 1.82) is 0 Å². The number of nitrogens with one attached hydrogen (secondary N) is 1. The average molecular weight is 150 g/mol. The van der Waals surface area contributed by atoms with Gasteiger partial charge >= 0.3 is 0 Å². The molecule has 0 bridgehead atoms. The lowest BCUT2D eigenvalue weighted by Gasteiger charge is -2.02. The standard InChI is InChI=1S/C9H12NO/c1-8-2-4-9(5-3-8)10-6-7-11/h2,4-5,10-11H,6-7H2,1H3. The van der Waals surface area contributed by atoms with Crippen LogP contribution in [-0.2, 0) is 0 Å². The van der Waals surface area contributed by atoms with Crippen LogP contribution < -0.4 is 5.32 Å². The Morgan fingerprint density at radius 2 is 2.36 bits per heavy atom. The van der Waals surface area contributed by atoms with Crippen LogP contribution in [0, 0.1) is 13.0 Å². The number of aliphatic hydroxyl groups excluding tert-OH is 1. The number of anilines is 1. The van der Waals surface area contributed by atoms with Crippen LogP contribution in [0.4, 0.5) is 5.69 Å². The third-order valence-corrected chi connectivity index (χ3v) is 1.41. The lowest BCUT2D eigenvalue weighted by Crippen LogP contribution is -2.04. The maximum absolute atomic E-state index is 8.51. The summed E-state index contributed by atoms with van der Waals surface area (Å²) in [5.41, 5.74) is 2.13. The first-order chi connectivity index (χ1) is 5.33. The fraction of sp³-hybridized carbons (Fsp3) is 0.333. The van der Waals surface area contributed by atoms with Gasteiger partial charge in [-0.15, -0.1) is 0 Å². The molecule has 1 aromatic carbocycles. The van der Waals surface area contributed by atoms with Gasteiger partial charge in [0.25, 0.3) is 0 Å². The van der Waals surface area contributed by atoms with Gasteiger partial charge in [-0.3, -0.25) is 0 Å². The van der Waals surface area contributed by atoms with E-state index >= 15 is 0 Å². The molecular weight excluding hydrogens is 138 g/mol. The number of hydrogen-bond donors (Lipinski definition) is 2. The predicted octanol–water partition coefficient (Wildman–Crippen LogP) is 1.20. The van der Waals surface area contributed by atoms with Gasteiger partial charge in [0.2, 0.25) is 0 Å². The van der Waals surface area contributed by atoms with E-state index in [1.807, 2.05) is 25.1 Å². The molecule has 0 aromatic heterocycles. The molecule has 59 valence electrons. The molecule has 0 amide bonds. The Hall–Kier alpha value is -1.02. The van der Waals surface area contributed by atoms with Gasteiger partial charge in [-0.2, -0.15) is 0 Å². The second-order valence-corrected chi connectivity index (χ2v) is 2.41. The first-order valence-electron chi connectivity index (χ1n) is 3.66. The average Bonchev–Trinajstić information content (AvgIpc) is 2.04. The second-order valence-electron chi connectivity index (χ2n) is 2.41. The summed E-state index contributed by atoms with van der Waals surface area (Å²) >= 11 is 0.